The first-order valence-corrected chi connectivity index (χ1v) is 11.7. The third-order valence-corrected chi connectivity index (χ3v) is 5.96. The van der Waals surface area contributed by atoms with Crippen LogP contribution in [0.4, 0.5) is 0 Å². The number of rotatable bonds is 8. The van der Waals surface area contributed by atoms with Crippen molar-refractivity contribution in [2.45, 2.75) is 32.5 Å². The maximum atomic E-state index is 13.3. The lowest BCUT2D eigenvalue weighted by Gasteiger charge is -2.26. The standard InChI is InChI=1S/C29H29NO6/c1-18(2)36-21-14-12-20(13-15-21)26-25(27(31)23-10-5-6-11-24(23)35-4)28(32)29(33)30(26)17-19-8-7-9-22(16-19)34-3/h5-16,18,26,31H,17H2,1-4H3/b27-25-. The highest BCUT2D eigenvalue weighted by atomic mass is 16.5. The summed E-state index contributed by atoms with van der Waals surface area (Å²) in [5.41, 5.74) is 1.80. The second-order valence-corrected chi connectivity index (χ2v) is 8.71. The highest BCUT2D eigenvalue weighted by Crippen LogP contribution is 2.42. The molecule has 186 valence electrons. The van der Waals surface area contributed by atoms with E-state index in [1.807, 2.05) is 50.2 Å². The minimum absolute atomic E-state index is 0.0000855. The number of ketones is 1. The van der Waals surface area contributed by atoms with Gasteiger partial charge >= 0.3 is 0 Å². The van der Waals surface area contributed by atoms with Crippen LogP contribution in [0.3, 0.4) is 0 Å². The number of likely N-dealkylation sites (tertiary alicyclic amines) is 1. The number of hydrogen-bond donors (Lipinski definition) is 1. The lowest BCUT2D eigenvalue weighted by Crippen LogP contribution is -2.29. The molecule has 1 unspecified atom stereocenters. The van der Waals surface area contributed by atoms with Gasteiger partial charge in [-0.25, -0.2) is 0 Å². The Balaban J connectivity index is 1.84. The quantitative estimate of drug-likeness (QED) is 0.270. The van der Waals surface area contributed by atoms with Gasteiger partial charge in [-0.3, -0.25) is 9.59 Å². The number of para-hydroxylation sites is 1. The van der Waals surface area contributed by atoms with Crippen molar-refractivity contribution in [1.82, 2.24) is 4.90 Å². The molecule has 1 aliphatic heterocycles. The number of methoxy groups -OCH3 is 2. The molecule has 1 fully saturated rings. The summed E-state index contributed by atoms with van der Waals surface area (Å²) in [7, 11) is 3.05. The maximum Gasteiger partial charge on any atom is 0.295 e. The lowest BCUT2D eigenvalue weighted by atomic mass is 9.94. The van der Waals surface area contributed by atoms with Crippen molar-refractivity contribution in [2.75, 3.05) is 14.2 Å². The van der Waals surface area contributed by atoms with Crippen molar-refractivity contribution in [3.63, 3.8) is 0 Å². The molecule has 0 spiro atoms. The molecule has 1 N–H and O–H groups in total. The summed E-state index contributed by atoms with van der Waals surface area (Å²) in [4.78, 5) is 28.1. The Kier molecular flexibility index (Phi) is 7.29. The van der Waals surface area contributed by atoms with Crippen LogP contribution in [0.25, 0.3) is 5.76 Å². The van der Waals surface area contributed by atoms with Gasteiger partial charge in [0.1, 0.15) is 23.0 Å². The number of Topliss-reactive ketones (excluding diaryl/α,β-unsaturated/α-hetero) is 1. The molecule has 1 aliphatic rings. The summed E-state index contributed by atoms with van der Waals surface area (Å²) in [5, 5.41) is 11.3. The van der Waals surface area contributed by atoms with Gasteiger partial charge in [-0.05, 0) is 61.4 Å². The van der Waals surface area contributed by atoms with Crippen molar-refractivity contribution >= 4 is 17.4 Å². The number of ether oxygens (including phenoxy) is 3. The highest BCUT2D eigenvalue weighted by molar-refractivity contribution is 6.46. The zero-order valence-corrected chi connectivity index (χ0v) is 20.7. The van der Waals surface area contributed by atoms with Gasteiger partial charge in [0.15, 0.2) is 0 Å². The first-order valence-electron chi connectivity index (χ1n) is 11.7. The van der Waals surface area contributed by atoms with Crippen molar-refractivity contribution in [1.29, 1.82) is 0 Å². The predicted octanol–water partition coefficient (Wildman–Crippen LogP) is 5.11. The number of nitrogens with zero attached hydrogens (tertiary/aromatic N) is 1. The smallest absolute Gasteiger partial charge is 0.295 e. The fourth-order valence-corrected chi connectivity index (χ4v) is 4.34. The molecule has 0 aromatic heterocycles. The Hall–Kier alpha value is -4.26. The minimum Gasteiger partial charge on any atom is -0.507 e. The summed E-state index contributed by atoms with van der Waals surface area (Å²) < 4.78 is 16.5. The van der Waals surface area contributed by atoms with Crippen LogP contribution in [-0.4, -0.2) is 42.0 Å². The number of amides is 1. The van der Waals surface area contributed by atoms with Crippen LogP contribution in [0.15, 0.2) is 78.4 Å². The third-order valence-electron chi connectivity index (χ3n) is 5.96. The summed E-state index contributed by atoms with van der Waals surface area (Å²) in [6.45, 7) is 4.02. The predicted molar refractivity (Wildman–Crippen MR) is 136 cm³/mol. The van der Waals surface area contributed by atoms with E-state index in [0.717, 1.165) is 5.56 Å². The number of aliphatic hydroxyl groups is 1. The Morgan fingerprint density at radius 2 is 1.64 bits per heavy atom. The maximum absolute atomic E-state index is 13.3. The Bertz CT molecular complexity index is 1300. The Labute approximate surface area is 210 Å². The topological polar surface area (TPSA) is 85.3 Å². The molecular weight excluding hydrogens is 458 g/mol. The zero-order valence-electron chi connectivity index (χ0n) is 20.7. The molecule has 36 heavy (non-hydrogen) atoms. The largest absolute Gasteiger partial charge is 0.507 e. The van der Waals surface area contributed by atoms with Gasteiger partial charge in [0.25, 0.3) is 11.7 Å². The second-order valence-electron chi connectivity index (χ2n) is 8.71. The fourth-order valence-electron chi connectivity index (χ4n) is 4.34. The highest BCUT2D eigenvalue weighted by Gasteiger charge is 2.46. The van der Waals surface area contributed by atoms with Crippen LogP contribution in [-0.2, 0) is 16.1 Å². The number of carbonyl (C=O) groups excluding carboxylic acids is 2. The third kappa shape index (κ3) is 4.91. The van der Waals surface area contributed by atoms with Gasteiger partial charge in [-0.2, -0.15) is 0 Å². The van der Waals surface area contributed by atoms with E-state index in [2.05, 4.69) is 0 Å². The van der Waals surface area contributed by atoms with Gasteiger partial charge in [-0.15, -0.1) is 0 Å². The molecule has 1 saturated heterocycles. The number of carbonyl (C=O) groups is 2. The first kappa shape index (κ1) is 24.9. The van der Waals surface area contributed by atoms with Gasteiger partial charge in [0.2, 0.25) is 0 Å². The van der Waals surface area contributed by atoms with E-state index in [1.54, 1.807) is 43.5 Å². The summed E-state index contributed by atoms with van der Waals surface area (Å²) in [5.74, 6) is -0.0245. The molecule has 0 saturated carbocycles. The van der Waals surface area contributed by atoms with Gasteiger partial charge < -0.3 is 24.2 Å². The lowest BCUT2D eigenvalue weighted by molar-refractivity contribution is -0.140. The molecule has 0 bridgehead atoms. The van der Waals surface area contributed by atoms with Crippen LogP contribution in [0.5, 0.6) is 17.2 Å². The van der Waals surface area contributed by atoms with Crippen LogP contribution in [0.1, 0.15) is 36.6 Å². The number of aliphatic hydroxyl groups excluding tert-OH is 1. The van der Waals surface area contributed by atoms with Crippen molar-refractivity contribution < 1.29 is 28.9 Å². The summed E-state index contributed by atoms with van der Waals surface area (Å²) >= 11 is 0. The van der Waals surface area contributed by atoms with Gasteiger partial charge in [0.05, 0.1) is 37.5 Å². The van der Waals surface area contributed by atoms with E-state index < -0.39 is 17.7 Å². The average Bonchev–Trinajstić information content (AvgIpc) is 3.13. The molecule has 7 heteroatoms. The van der Waals surface area contributed by atoms with Crippen LogP contribution in [0, 0.1) is 0 Å². The SMILES string of the molecule is COc1cccc(CN2C(=O)C(=O)/C(=C(\O)c3ccccc3OC)C2c2ccc(OC(C)C)cc2)c1. The Morgan fingerprint density at radius 3 is 2.31 bits per heavy atom. The zero-order chi connectivity index (χ0) is 25.8. The minimum atomic E-state index is -0.811. The average molecular weight is 488 g/mol. The van der Waals surface area contributed by atoms with Crippen LogP contribution >= 0.6 is 0 Å². The van der Waals surface area contributed by atoms with Crippen LogP contribution < -0.4 is 14.2 Å². The molecular formula is C29H29NO6. The number of hydrogen-bond acceptors (Lipinski definition) is 6. The van der Waals surface area contributed by atoms with Crippen molar-refractivity contribution in [3.8, 4) is 17.2 Å². The molecule has 3 aromatic rings. The number of benzene rings is 3. The molecule has 0 aliphatic carbocycles. The molecule has 1 amide bonds. The molecule has 4 rings (SSSR count). The molecule has 7 nitrogen and oxygen atoms in total. The fraction of sp³-hybridized carbons (Fsp3) is 0.241. The molecule has 1 heterocycles. The van der Waals surface area contributed by atoms with E-state index >= 15 is 0 Å². The van der Waals surface area contributed by atoms with E-state index in [-0.39, 0.29) is 24.0 Å². The molecule has 1 atom stereocenters. The first-order chi connectivity index (χ1) is 17.3. The summed E-state index contributed by atoms with van der Waals surface area (Å²) in [6, 6.07) is 20.5. The summed E-state index contributed by atoms with van der Waals surface area (Å²) in [6.07, 6.45) is 0.0000855. The normalized spacial score (nSPS) is 16.9. The molecule has 0 radical (unpaired) electrons. The van der Waals surface area contributed by atoms with E-state index in [1.165, 1.54) is 12.0 Å². The van der Waals surface area contributed by atoms with Gasteiger partial charge in [0, 0.05) is 6.54 Å². The van der Waals surface area contributed by atoms with Crippen LogP contribution in [0.2, 0.25) is 0 Å². The van der Waals surface area contributed by atoms with Crippen molar-refractivity contribution in [3.05, 3.63) is 95.1 Å². The van der Waals surface area contributed by atoms with Crippen molar-refractivity contribution in [2.24, 2.45) is 0 Å². The van der Waals surface area contributed by atoms with E-state index in [4.69, 9.17) is 14.2 Å². The van der Waals surface area contributed by atoms with Gasteiger partial charge in [-0.1, -0.05) is 36.4 Å². The monoisotopic (exact) mass is 487 g/mol. The molecule has 3 aromatic carbocycles. The second kappa shape index (κ2) is 10.6. The Morgan fingerprint density at radius 1 is 0.917 bits per heavy atom. The van der Waals surface area contributed by atoms with E-state index in [0.29, 0.717) is 28.4 Å². The van der Waals surface area contributed by atoms with E-state index in [9.17, 15) is 14.7 Å².